The van der Waals surface area contributed by atoms with Crippen LogP contribution in [0.3, 0.4) is 0 Å². The van der Waals surface area contributed by atoms with E-state index in [1.54, 1.807) is 7.11 Å². The molecule has 0 aliphatic carbocycles. The monoisotopic (exact) mass is 311 g/mol. The van der Waals surface area contributed by atoms with Gasteiger partial charge in [-0.15, -0.1) is 0 Å². The zero-order valence-electron chi connectivity index (χ0n) is 14.1. The number of nitrogens with one attached hydrogen (secondary N) is 1. The summed E-state index contributed by atoms with van der Waals surface area (Å²) >= 11 is 0. The maximum Gasteiger partial charge on any atom is 0.118 e. The van der Waals surface area contributed by atoms with Crippen molar-refractivity contribution in [1.29, 1.82) is 0 Å². The average molecular weight is 311 g/mol. The maximum absolute atomic E-state index is 12.7. The molecule has 0 radical (unpaired) electrons. The predicted octanol–water partition coefficient (Wildman–Crippen LogP) is 3.67. The van der Waals surface area contributed by atoms with Gasteiger partial charge in [0.15, 0.2) is 0 Å². The lowest BCUT2D eigenvalue weighted by Crippen LogP contribution is -2.39. The summed E-state index contributed by atoms with van der Waals surface area (Å²) in [4.78, 5) is 0. The van der Waals surface area contributed by atoms with Crippen molar-refractivity contribution in [3.05, 3.63) is 29.8 Å². The number of benzene rings is 1. The van der Waals surface area contributed by atoms with E-state index in [9.17, 15) is 4.21 Å². The summed E-state index contributed by atoms with van der Waals surface area (Å²) in [5.41, 5.74) is 1.16. The molecule has 0 heterocycles. The molecular formula is C17H29NO2S. The predicted molar refractivity (Wildman–Crippen MR) is 91.4 cm³/mol. The second-order valence-electron chi connectivity index (χ2n) is 6.32. The zero-order valence-corrected chi connectivity index (χ0v) is 14.9. The van der Waals surface area contributed by atoms with Gasteiger partial charge in [-0.3, -0.25) is 4.21 Å². The Labute approximate surface area is 131 Å². The largest absolute Gasteiger partial charge is 0.497 e. The molecule has 0 bridgehead atoms. The first-order chi connectivity index (χ1) is 9.81. The topological polar surface area (TPSA) is 38.3 Å². The quantitative estimate of drug-likeness (QED) is 0.835. The van der Waals surface area contributed by atoms with Gasteiger partial charge in [0.05, 0.1) is 12.4 Å². The summed E-state index contributed by atoms with van der Waals surface area (Å²) < 4.78 is 17.7. The lowest BCUT2D eigenvalue weighted by molar-refractivity contribution is 0.414. The minimum absolute atomic E-state index is 0.0462. The first-order valence-corrected chi connectivity index (χ1v) is 8.80. The first-order valence-electron chi connectivity index (χ1n) is 7.59. The number of ether oxygens (including phenoxy) is 1. The van der Waals surface area contributed by atoms with Crippen LogP contribution in [0.5, 0.6) is 5.75 Å². The fourth-order valence-corrected chi connectivity index (χ4v) is 3.96. The van der Waals surface area contributed by atoms with Crippen molar-refractivity contribution in [1.82, 2.24) is 5.32 Å². The second kappa shape index (κ2) is 7.95. The molecule has 0 spiro atoms. The van der Waals surface area contributed by atoms with E-state index in [1.807, 2.05) is 32.9 Å². The minimum atomic E-state index is -0.917. The molecule has 0 saturated heterocycles. The molecule has 0 aliphatic heterocycles. The Morgan fingerprint density at radius 2 is 1.81 bits per heavy atom. The Kier molecular flexibility index (Phi) is 6.88. The van der Waals surface area contributed by atoms with Crippen molar-refractivity contribution in [3.8, 4) is 5.75 Å². The lowest BCUT2D eigenvalue weighted by atomic mass is 10.0. The van der Waals surface area contributed by atoms with Gasteiger partial charge in [0.1, 0.15) is 5.75 Å². The summed E-state index contributed by atoms with van der Waals surface area (Å²) in [5.74, 6) is 0.845. The van der Waals surface area contributed by atoms with Gasteiger partial charge in [0, 0.05) is 21.6 Å². The molecule has 1 aromatic rings. The van der Waals surface area contributed by atoms with Crippen molar-refractivity contribution in [3.63, 3.8) is 0 Å². The third-order valence-corrected chi connectivity index (χ3v) is 5.65. The smallest absolute Gasteiger partial charge is 0.118 e. The van der Waals surface area contributed by atoms with E-state index in [-0.39, 0.29) is 16.0 Å². The zero-order chi connectivity index (χ0) is 16.0. The molecule has 1 N–H and O–H groups in total. The summed E-state index contributed by atoms with van der Waals surface area (Å²) in [6.07, 6.45) is 1.06. The lowest BCUT2D eigenvalue weighted by Gasteiger charge is -2.30. The van der Waals surface area contributed by atoms with Gasteiger partial charge in [0.25, 0.3) is 0 Å². The molecule has 0 fully saturated rings. The van der Waals surface area contributed by atoms with Crippen LogP contribution in [-0.4, -0.2) is 27.9 Å². The molecule has 1 aromatic carbocycles. The third kappa shape index (κ3) is 5.11. The Hall–Kier alpha value is -0.870. The van der Waals surface area contributed by atoms with Gasteiger partial charge in [-0.1, -0.05) is 19.1 Å². The van der Waals surface area contributed by atoms with Crippen LogP contribution in [0.25, 0.3) is 0 Å². The van der Waals surface area contributed by atoms with Crippen LogP contribution in [0.2, 0.25) is 0 Å². The van der Waals surface area contributed by atoms with Crippen LogP contribution < -0.4 is 10.1 Å². The molecular weight excluding hydrogens is 282 g/mol. The second-order valence-corrected chi connectivity index (χ2v) is 8.88. The third-order valence-electron chi connectivity index (χ3n) is 3.50. The summed E-state index contributed by atoms with van der Waals surface area (Å²) in [6.45, 7) is 11.2. The van der Waals surface area contributed by atoms with E-state index in [0.717, 1.165) is 24.3 Å². The molecule has 0 amide bonds. The van der Waals surface area contributed by atoms with Crippen LogP contribution in [-0.2, 0) is 10.8 Å². The number of methoxy groups -OCH3 is 1. The fourth-order valence-electron chi connectivity index (χ4n) is 2.35. The maximum atomic E-state index is 12.7. The number of hydrogen-bond donors (Lipinski definition) is 1. The Bertz CT molecular complexity index is 451. The molecule has 3 unspecified atom stereocenters. The van der Waals surface area contributed by atoms with E-state index < -0.39 is 10.8 Å². The van der Waals surface area contributed by atoms with Crippen molar-refractivity contribution in [2.75, 3.05) is 13.7 Å². The molecule has 21 heavy (non-hydrogen) atoms. The summed E-state index contributed by atoms with van der Waals surface area (Å²) in [6, 6.07) is 8.13. The highest BCUT2D eigenvalue weighted by atomic mass is 32.2. The Balaban J connectivity index is 3.00. The summed E-state index contributed by atoms with van der Waals surface area (Å²) in [5, 5.41) is 3.59. The first kappa shape index (κ1) is 18.2. The summed E-state index contributed by atoms with van der Waals surface area (Å²) in [7, 11) is 0.749. The van der Waals surface area contributed by atoms with E-state index in [1.165, 1.54) is 0 Å². The van der Waals surface area contributed by atoms with Crippen molar-refractivity contribution in [2.24, 2.45) is 0 Å². The average Bonchev–Trinajstić information content (AvgIpc) is 2.46. The number of rotatable bonds is 7. The Morgan fingerprint density at radius 3 is 2.24 bits per heavy atom. The van der Waals surface area contributed by atoms with E-state index in [2.05, 4.69) is 31.3 Å². The standard InChI is InChI=1S/C17H29NO2S/c1-7-12-18-16(13(2)21(19)17(3,4)5)14-8-10-15(20-6)11-9-14/h8-11,13,16,18H,7,12H2,1-6H3. The molecule has 4 heteroatoms. The van der Waals surface area contributed by atoms with Crippen molar-refractivity contribution in [2.45, 2.75) is 57.1 Å². The van der Waals surface area contributed by atoms with Crippen LogP contribution in [0.4, 0.5) is 0 Å². The normalized spacial score (nSPS) is 16.3. The fraction of sp³-hybridized carbons (Fsp3) is 0.647. The van der Waals surface area contributed by atoms with Crippen LogP contribution >= 0.6 is 0 Å². The van der Waals surface area contributed by atoms with Crippen molar-refractivity contribution >= 4 is 10.8 Å². The van der Waals surface area contributed by atoms with Gasteiger partial charge < -0.3 is 10.1 Å². The van der Waals surface area contributed by atoms with E-state index >= 15 is 0 Å². The molecule has 0 saturated carbocycles. The molecule has 0 aromatic heterocycles. The SMILES string of the molecule is CCCNC(c1ccc(OC)cc1)C(C)S(=O)C(C)(C)C. The molecule has 0 aliphatic rings. The van der Waals surface area contributed by atoms with Gasteiger partial charge in [-0.05, 0) is 58.4 Å². The van der Waals surface area contributed by atoms with E-state index in [0.29, 0.717) is 0 Å². The van der Waals surface area contributed by atoms with Crippen LogP contribution in [0.1, 0.15) is 52.6 Å². The van der Waals surface area contributed by atoms with Gasteiger partial charge in [0.2, 0.25) is 0 Å². The highest BCUT2D eigenvalue weighted by Crippen LogP contribution is 2.27. The van der Waals surface area contributed by atoms with Crippen LogP contribution in [0, 0.1) is 0 Å². The molecule has 3 nitrogen and oxygen atoms in total. The molecule has 3 atom stereocenters. The highest BCUT2D eigenvalue weighted by molar-refractivity contribution is 7.87. The minimum Gasteiger partial charge on any atom is -0.497 e. The van der Waals surface area contributed by atoms with Crippen LogP contribution in [0.15, 0.2) is 24.3 Å². The molecule has 1 rings (SSSR count). The van der Waals surface area contributed by atoms with Gasteiger partial charge >= 0.3 is 0 Å². The van der Waals surface area contributed by atoms with E-state index in [4.69, 9.17) is 4.74 Å². The number of hydrogen-bond acceptors (Lipinski definition) is 3. The van der Waals surface area contributed by atoms with Crippen molar-refractivity contribution < 1.29 is 8.95 Å². The highest BCUT2D eigenvalue weighted by Gasteiger charge is 2.31. The Morgan fingerprint density at radius 1 is 1.24 bits per heavy atom. The van der Waals surface area contributed by atoms with Gasteiger partial charge in [-0.25, -0.2) is 0 Å². The van der Waals surface area contributed by atoms with Gasteiger partial charge in [-0.2, -0.15) is 0 Å². The molecule has 120 valence electrons.